The van der Waals surface area contributed by atoms with Crippen molar-refractivity contribution >= 4 is 15.7 Å². The Bertz CT molecular complexity index is 459. The molecule has 6 heteroatoms. The second-order valence-electron chi connectivity index (χ2n) is 3.97. The molecule has 1 N–H and O–H groups in total. The SMILES string of the molecule is CCNCCCS(=O)(=O)N(C)c1ccc(F)cc1. The number of nitrogens with one attached hydrogen (secondary N) is 1. The largest absolute Gasteiger partial charge is 0.317 e. The van der Waals surface area contributed by atoms with Crippen molar-refractivity contribution in [1.82, 2.24) is 5.32 Å². The molecule has 0 saturated heterocycles. The topological polar surface area (TPSA) is 49.4 Å². The highest BCUT2D eigenvalue weighted by Crippen LogP contribution is 2.17. The molecule has 0 aliphatic heterocycles. The van der Waals surface area contributed by atoms with Gasteiger partial charge in [0.15, 0.2) is 0 Å². The molecule has 0 radical (unpaired) electrons. The Labute approximate surface area is 108 Å². The minimum atomic E-state index is -3.34. The molecule has 0 atom stereocenters. The average Bonchev–Trinajstić information content (AvgIpc) is 2.35. The van der Waals surface area contributed by atoms with Crippen LogP contribution in [0.4, 0.5) is 10.1 Å². The Morgan fingerprint density at radius 1 is 1.28 bits per heavy atom. The lowest BCUT2D eigenvalue weighted by Crippen LogP contribution is -2.30. The quantitative estimate of drug-likeness (QED) is 0.768. The van der Waals surface area contributed by atoms with E-state index in [1.807, 2.05) is 6.92 Å². The van der Waals surface area contributed by atoms with Gasteiger partial charge in [-0.05, 0) is 43.8 Å². The van der Waals surface area contributed by atoms with Crippen LogP contribution in [-0.2, 0) is 10.0 Å². The summed E-state index contributed by atoms with van der Waals surface area (Å²) in [5.74, 6) is -0.301. The molecule has 0 unspecified atom stereocenters. The number of anilines is 1. The molecule has 18 heavy (non-hydrogen) atoms. The van der Waals surface area contributed by atoms with Crippen molar-refractivity contribution in [3.8, 4) is 0 Å². The fourth-order valence-electron chi connectivity index (χ4n) is 1.50. The van der Waals surface area contributed by atoms with Crippen molar-refractivity contribution in [2.75, 3.05) is 30.2 Å². The van der Waals surface area contributed by atoms with Crippen LogP contribution in [0.5, 0.6) is 0 Å². The van der Waals surface area contributed by atoms with Gasteiger partial charge in [0.2, 0.25) is 10.0 Å². The molecule has 0 aliphatic carbocycles. The summed E-state index contributed by atoms with van der Waals surface area (Å²) in [5, 5.41) is 3.07. The standard InChI is InChI=1S/C12H19FN2O2S/c1-3-14-9-4-10-18(16,17)15(2)12-7-5-11(13)6-8-12/h5-8,14H,3-4,9-10H2,1-2H3. The summed E-state index contributed by atoms with van der Waals surface area (Å²) in [6, 6.07) is 5.41. The third-order valence-corrected chi connectivity index (χ3v) is 4.46. The minimum absolute atomic E-state index is 0.0773. The Hall–Kier alpha value is -1.14. The predicted octanol–water partition coefficient (Wildman–Crippen LogP) is 1.59. The molecule has 0 bridgehead atoms. The molecule has 1 aromatic carbocycles. The van der Waals surface area contributed by atoms with Gasteiger partial charge in [0, 0.05) is 7.05 Å². The van der Waals surface area contributed by atoms with E-state index in [9.17, 15) is 12.8 Å². The molecular formula is C12H19FN2O2S. The lowest BCUT2D eigenvalue weighted by atomic mass is 10.3. The summed E-state index contributed by atoms with van der Waals surface area (Å²) < 4.78 is 37.9. The Morgan fingerprint density at radius 2 is 1.89 bits per heavy atom. The molecule has 0 aliphatic rings. The van der Waals surface area contributed by atoms with Gasteiger partial charge in [0.05, 0.1) is 11.4 Å². The fourth-order valence-corrected chi connectivity index (χ4v) is 2.73. The van der Waals surface area contributed by atoms with E-state index >= 15 is 0 Å². The maximum atomic E-state index is 12.8. The molecule has 1 rings (SSSR count). The van der Waals surface area contributed by atoms with Crippen molar-refractivity contribution in [3.05, 3.63) is 30.1 Å². The number of rotatable bonds is 7. The summed E-state index contributed by atoms with van der Waals surface area (Å²) in [5.41, 5.74) is 0.472. The Balaban J connectivity index is 2.64. The molecule has 4 nitrogen and oxygen atoms in total. The van der Waals surface area contributed by atoms with Crippen LogP contribution in [0.15, 0.2) is 24.3 Å². The molecule has 0 heterocycles. The molecule has 102 valence electrons. The number of hydrogen-bond donors (Lipinski definition) is 1. The number of nitrogens with zero attached hydrogens (tertiary/aromatic N) is 1. The first-order chi connectivity index (χ1) is 8.47. The van der Waals surface area contributed by atoms with Crippen LogP contribution in [-0.4, -0.2) is 34.3 Å². The molecular weight excluding hydrogens is 255 g/mol. The normalized spacial score (nSPS) is 11.5. The van der Waals surface area contributed by atoms with E-state index in [1.165, 1.54) is 35.6 Å². The van der Waals surface area contributed by atoms with Gasteiger partial charge in [-0.25, -0.2) is 12.8 Å². The smallest absolute Gasteiger partial charge is 0.234 e. The van der Waals surface area contributed by atoms with Crippen molar-refractivity contribution in [1.29, 1.82) is 0 Å². The minimum Gasteiger partial charge on any atom is -0.317 e. The van der Waals surface area contributed by atoms with Crippen LogP contribution in [0.1, 0.15) is 13.3 Å². The number of halogens is 1. The maximum Gasteiger partial charge on any atom is 0.234 e. The number of hydrogen-bond acceptors (Lipinski definition) is 3. The third-order valence-electron chi connectivity index (χ3n) is 2.61. The lowest BCUT2D eigenvalue weighted by molar-refractivity contribution is 0.588. The highest BCUT2D eigenvalue weighted by Gasteiger charge is 2.17. The van der Waals surface area contributed by atoms with Gasteiger partial charge >= 0.3 is 0 Å². The Morgan fingerprint density at radius 3 is 2.44 bits per heavy atom. The first kappa shape index (κ1) is 14.9. The van der Waals surface area contributed by atoms with Gasteiger partial charge in [0.25, 0.3) is 0 Å². The molecule has 0 spiro atoms. The van der Waals surface area contributed by atoms with E-state index in [2.05, 4.69) is 5.32 Å². The predicted molar refractivity (Wildman–Crippen MR) is 71.8 cm³/mol. The second-order valence-corrected chi connectivity index (χ2v) is 6.09. The first-order valence-corrected chi connectivity index (χ1v) is 7.51. The summed E-state index contributed by atoms with van der Waals surface area (Å²) in [6.07, 6.45) is 0.557. The fraction of sp³-hybridized carbons (Fsp3) is 0.500. The molecule has 0 amide bonds. The lowest BCUT2D eigenvalue weighted by Gasteiger charge is -2.19. The third kappa shape index (κ3) is 4.27. The zero-order valence-electron chi connectivity index (χ0n) is 10.7. The van der Waals surface area contributed by atoms with Crippen LogP contribution >= 0.6 is 0 Å². The zero-order chi connectivity index (χ0) is 13.6. The molecule has 0 saturated carbocycles. The summed E-state index contributed by atoms with van der Waals surface area (Å²) in [6.45, 7) is 3.47. The summed E-state index contributed by atoms with van der Waals surface area (Å²) in [4.78, 5) is 0. The van der Waals surface area contributed by atoms with Crippen LogP contribution in [0.25, 0.3) is 0 Å². The van der Waals surface area contributed by atoms with E-state index in [1.54, 1.807) is 0 Å². The molecule has 0 fully saturated rings. The van der Waals surface area contributed by atoms with E-state index in [0.717, 1.165) is 6.54 Å². The van der Waals surface area contributed by atoms with Crippen LogP contribution in [0.3, 0.4) is 0 Å². The first-order valence-electron chi connectivity index (χ1n) is 5.90. The van der Waals surface area contributed by atoms with Gasteiger partial charge in [-0.1, -0.05) is 6.92 Å². The van der Waals surface area contributed by atoms with Crippen LogP contribution in [0.2, 0.25) is 0 Å². The van der Waals surface area contributed by atoms with Gasteiger partial charge < -0.3 is 5.32 Å². The highest BCUT2D eigenvalue weighted by atomic mass is 32.2. The van der Waals surface area contributed by atoms with E-state index in [0.29, 0.717) is 18.7 Å². The number of sulfonamides is 1. The monoisotopic (exact) mass is 274 g/mol. The summed E-state index contributed by atoms with van der Waals surface area (Å²) in [7, 11) is -1.85. The van der Waals surface area contributed by atoms with E-state index in [4.69, 9.17) is 0 Å². The van der Waals surface area contributed by atoms with Gasteiger partial charge in [-0.3, -0.25) is 4.31 Å². The Kier molecular flexibility index (Phi) is 5.55. The highest BCUT2D eigenvalue weighted by molar-refractivity contribution is 7.92. The van der Waals surface area contributed by atoms with Gasteiger partial charge in [-0.2, -0.15) is 0 Å². The summed E-state index contributed by atoms with van der Waals surface area (Å²) >= 11 is 0. The van der Waals surface area contributed by atoms with Gasteiger partial charge in [-0.15, -0.1) is 0 Å². The average molecular weight is 274 g/mol. The van der Waals surface area contributed by atoms with Gasteiger partial charge in [0.1, 0.15) is 5.82 Å². The maximum absolute atomic E-state index is 12.8. The van der Waals surface area contributed by atoms with E-state index in [-0.39, 0.29) is 11.6 Å². The second kappa shape index (κ2) is 6.70. The van der Waals surface area contributed by atoms with Crippen molar-refractivity contribution in [2.24, 2.45) is 0 Å². The molecule has 1 aromatic rings. The van der Waals surface area contributed by atoms with Crippen molar-refractivity contribution in [2.45, 2.75) is 13.3 Å². The molecule has 0 aromatic heterocycles. The van der Waals surface area contributed by atoms with Crippen LogP contribution in [0, 0.1) is 5.82 Å². The van der Waals surface area contributed by atoms with Crippen molar-refractivity contribution < 1.29 is 12.8 Å². The van der Waals surface area contributed by atoms with Crippen molar-refractivity contribution in [3.63, 3.8) is 0 Å². The van der Waals surface area contributed by atoms with Crippen LogP contribution < -0.4 is 9.62 Å². The number of benzene rings is 1. The van der Waals surface area contributed by atoms with E-state index < -0.39 is 10.0 Å². The zero-order valence-corrected chi connectivity index (χ0v) is 11.5.